The van der Waals surface area contributed by atoms with Crippen LogP contribution in [0.5, 0.6) is 0 Å². The Bertz CT molecular complexity index is 987. The molecule has 1 fully saturated rings. The molecule has 3 aromatic rings. The number of nitrogens with zero attached hydrogens (tertiary/aromatic N) is 2. The fraction of sp³-hybridized carbons (Fsp3) is 0.208. The van der Waals surface area contributed by atoms with Gasteiger partial charge in [0, 0.05) is 28.6 Å². The molecule has 0 radical (unpaired) electrons. The molecule has 3 nitrogen and oxygen atoms in total. The summed E-state index contributed by atoms with van der Waals surface area (Å²) in [7, 11) is 0. The van der Waals surface area contributed by atoms with Gasteiger partial charge in [0.1, 0.15) is 0 Å². The van der Waals surface area contributed by atoms with Gasteiger partial charge in [0.15, 0.2) is 0 Å². The predicted molar refractivity (Wildman–Crippen MR) is 117 cm³/mol. The first-order valence-corrected chi connectivity index (χ1v) is 10.4. The fourth-order valence-corrected chi connectivity index (χ4v) is 4.61. The Morgan fingerprint density at radius 2 is 1.57 bits per heavy atom. The second-order valence-electron chi connectivity index (χ2n) is 7.14. The van der Waals surface area contributed by atoms with Gasteiger partial charge in [0.05, 0.1) is 12.2 Å². The van der Waals surface area contributed by atoms with Crippen molar-refractivity contribution >= 4 is 29.0 Å². The van der Waals surface area contributed by atoms with E-state index < -0.39 is 0 Å². The van der Waals surface area contributed by atoms with Gasteiger partial charge in [-0.05, 0) is 49.7 Å². The Kier molecular flexibility index (Phi) is 5.40. The summed E-state index contributed by atoms with van der Waals surface area (Å²) in [5, 5.41) is 0. The average molecular weight is 389 g/mol. The fourth-order valence-electron chi connectivity index (χ4n) is 3.59. The quantitative estimate of drug-likeness (QED) is 0.605. The highest BCUT2D eigenvalue weighted by Gasteiger charge is 2.26. The van der Waals surface area contributed by atoms with E-state index in [4.69, 9.17) is 0 Å². The van der Waals surface area contributed by atoms with Crippen molar-refractivity contribution in [1.82, 2.24) is 0 Å². The molecule has 4 heteroatoms. The largest absolute Gasteiger partial charge is 0.360 e. The highest BCUT2D eigenvalue weighted by atomic mass is 32.2. The third-order valence-electron chi connectivity index (χ3n) is 5.05. The Morgan fingerprint density at radius 1 is 0.821 bits per heavy atom. The lowest BCUT2D eigenvalue weighted by Crippen LogP contribution is -2.50. The van der Waals surface area contributed by atoms with Crippen LogP contribution < -0.4 is 9.80 Å². The monoisotopic (exact) mass is 388 g/mol. The molecule has 1 amide bonds. The van der Waals surface area contributed by atoms with Gasteiger partial charge in [0.25, 0.3) is 0 Å². The molecule has 1 saturated heterocycles. The predicted octanol–water partition coefficient (Wildman–Crippen LogP) is 5.31. The standard InChI is InChI=1S/C24H24N2OS/c1-18-12-13-22(19(2)16-18)28-23-11-7-6-10-21(23)26-15-14-25(17-24(26)27)20-8-4-3-5-9-20/h3-13,16H,14-15,17H2,1-2H3. The van der Waals surface area contributed by atoms with E-state index in [0.717, 1.165) is 22.8 Å². The van der Waals surface area contributed by atoms with Gasteiger partial charge >= 0.3 is 0 Å². The van der Waals surface area contributed by atoms with Crippen LogP contribution in [0, 0.1) is 13.8 Å². The van der Waals surface area contributed by atoms with E-state index in [1.165, 1.54) is 16.0 Å². The molecule has 0 aromatic heterocycles. The van der Waals surface area contributed by atoms with E-state index in [9.17, 15) is 4.79 Å². The van der Waals surface area contributed by atoms with Crippen LogP contribution in [0.1, 0.15) is 11.1 Å². The van der Waals surface area contributed by atoms with Crippen LogP contribution in [0.4, 0.5) is 11.4 Å². The van der Waals surface area contributed by atoms with Crippen LogP contribution in [0.15, 0.2) is 82.6 Å². The van der Waals surface area contributed by atoms with Crippen LogP contribution in [0.3, 0.4) is 0 Å². The van der Waals surface area contributed by atoms with Gasteiger partial charge in [-0.25, -0.2) is 0 Å². The van der Waals surface area contributed by atoms with Gasteiger partial charge in [-0.1, -0.05) is 59.8 Å². The first-order chi connectivity index (χ1) is 13.6. The minimum Gasteiger partial charge on any atom is -0.360 e. The summed E-state index contributed by atoms with van der Waals surface area (Å²) in [6, 6.07) is 24.9. The van der Waals surface area contributed by atoms with Gasteiger partial charge < -0.3 is 9.80 Å². The topological polar surface area (TPSA) is 23.6 Å². The molecular weight excluding hydrogens is 364 g/mol. The van der Waals surface area contributed by atoms with Gasteiger partial charge in [0.2, 0.25) is 5.91 Å². The SMILES string of the molecule is Cc1ccc(Sc2ccccc2N2CCN(c3ccccc3)CC2=O)c(C)c1. The van der Waals surface area contributed by atoms with Crippen LogP contribution in [-0.2, 0) is 4.79 Å². The molecule has 4 rings (SSSR count). The molecule has 0 unspecified atom stereocenters. The maximum Gasteiger partial charge on any atom is 0.246 e. The molecule has 142 valence electrons. The molecule has 0 aliphatic carbocycles. The maximum atomic E-state index is 13.0. The van der Waals surface area contributed by atoms with Crippen LogP contribution in [-0.4, -0.2) is 25.5 Å². The van der Waals surface area contributed by atoms with Crippen molar-refractivity contribution in [2.24, 2.45) is 0 Å². The van der Waals surface area contributed by atoms with Crippen molar-refractivity contribution in [3.05, 3.63) is 83.9 Å². The second kappa shape index (κ2) is 8.11. The average Bonchev–Trinajstić information content (AvgIpc) is 2.71. The minimum atomic E-state index is 0.142. The molecule has 0 N–H and O–H groups in total. The minimum absolute atomic E-state index is 0.142. The highest BCUT2D eigenvalue weighted by molar-refractivity contribution is 7.99. The Morgan fingerprint density at radius 3 is 2.32 bits per heavy atom. The first kappa shape index (κ1) is 18.6. The van der Waals surface area contributed by atoms with Gasteiger partial charge in [-0.2, -0.15) is 0 Å². The van der Waals surface area contributed by atoms with Crippen LogP contribution in [0.25, 0.3) is 0 Å². The van der Waals surface area contributed by atoms with Crippen molar-refractivity contribution < 1.29 is 4.79 Å². The summed E-state index contributed by atoms with van der Waals surface area (Å²) >= 11 is 1.73. The zero-order chi connectivity index (χ0) is 19.5. The summed E-state index contributed by atoms with van der Waals surface area (Å²) in [4.78, 5) is 19.4. The molecule has 3 aromatic carbocycles. The lowest BCUT2D eigenvalue weighted by atomic mass is 10.2. The van der Waals surface area contributed by atoms with Crippen molar-refractivity contribution in [2.45, 2.75) is 23.6 Å². The number of hydrogen-bond donors (Lipinski definition) is 0. The molecule has 1 heterocycles. The summed E-state index contributed by atoms with van der Waals surface area (Å²) in [5.74, 6) is 0.142. The number of piperazine rings is 1. The molecule has 0 atom stereocenters. The normalized spacial score (nSPS) is 14.4. The van der Waals surface area contributed by atoms with Crippen molar-refractivity contribution in [3.63, 3.8) is 0 Å². The number of rotatable bonds is 4. The van der Waals surface area contributed by atoms with E-state index in [2.05, 4.69) is 61.2 Å². The van der Waals surface area contributed by atoms with E-state index in [0.29, 0.717) is 13.1 Å². The first-order valence-electron chi connectivity index (χ1n) is 9.56. The Labute approximate surface area is 171 Å². The smallest absolute Gasteiger partial charge is 0.246 e. The highest BCUT2D eigenvalue weighted by Crippen LogP contribution is 2.37. The molecule has 1 aliphatic heterocycles. The second-order valence-corrected chi connectivity index (χ2v) is 8.22. The summed E-state index contributed by atoms with van der Waals surface area (Å²) in [6.45, 7) is 6.19. The number of aryl methyl sites for hydroxylation is 2. The number of amides is 1. The molecule has 0 spiro atoms. The molecule has 0 saturated carbocycles. The van der Waals surface area contributed by atoms with Crippen LogP contribution in [0.2, 0.25) is 0 Å². The molecular formula is C24H24N2OS. The van der Waals surface area contributed by atoms with E-state index in [-0.39, 0.29) is 5.91 Å². The lowest BCUT2D eigenvalue weighted by Gasteiger charge is -2.36. The van der Waals surface area contributed by atoms with Crippen LogP contribution >= 0.6 is 11.8 Å². The number of hydrogen-bond acceptors (Lipinski definition) is 3. The number of anilines is 2. The van der Waals surface area contributed by atoms with Gasteiger partial charge in [-0.15, -0.1) is 0 Å². The lowest BCUT2D eigenvalue weighted by molar-refractivity contribution is -0.117. The maximum absolute atomic E-state index is 13.0. The molecule has 28 heavy (non-hydrogen) atoms. The van der Waals surface area contributed by atoms with E-state index in [1.54, 1.807) is 11.8 Å². The number of para-hydroxylation sites is 2. The molecule has 0 bridgehead atoms. The summed E-state index contributed by atoms with van der Waals surface area (Å²) in [5.41, 5.74) is 4.64. The van der Waals surface area contributed by atoms with E-state index in [1.807, 2.05) is 35.2 Å². The number of carbonyl (C=O) groups is 1. The van der Waals surface area contributed by atoms with Crippen molar-refractivity contribution in [3.8, 4) is 0 Å². The summed E-state index contributed by atoms with van der Waals surface area (Å²) in [6.07, 6.45) is 0. The third kappa shape index (κ3) is 3.92. The third-order valence-corrected chi connectivity index (χ3v) is 6.29. The summed E-state index contributed by atoms with van der Waals surface area (Å²) < 4.78 is 0. The molecule has 1 aliphatic rings. The Balaban J connectivity index is 1.56. The number of carbonyl (C=O) groups excluding carboxylic acids is 1. The number of benzene rings is 3. The van der Waals surface area contributed by atoms with Crippen molar-refractivity contribution in [2.75, 3.05) is 29.4 Å². The van der Waals surface area contributed by atoms with E-state index >= 15 is 0 Å². The Hall–Kier alpha value is -2.72. The van der Waals surface area contributed by atoms with Gasteiger partial charge in [-0.3, -0.25) is 4.79 Å². The zero-order valence-electron chi connectivity index (χ0n) is 16.3. The van der Waals surface area contributed by atoms with Crippen molar-refractivity contribution in [1.29, 1.82) is 0 Å². The zero-order valence-corrected chi connectivity index (χ0v) is 17.1.